The predicted molar refractivity (Wildman–Crippen MR) is 88.4 cm³/mol. The number of hydrogen-bond acceptors (Lipinski definition) is 2. The van der Waals surface area contributed by atoms with Crippen LogP contribution in [0, 0.1) is 0 Å². The van der Waals surface area contributed by atoms with Crippen LogP contribution in [0.2, 0.25) is 0 Å². The molecule has 1 heterocycles. The minimum atomic E-state index is -1.02. The molecule has 1 unspecified atom stereocenters. The number of nitrogens with two attached hydrogens (primary N) is 1. The van der Waals surface area contributed by atoms with Gasteiger partial charge >= 0.3 is 0 Å². The first-order valence-corrected chi connectivity index (χ1v) is 7.84. The summed E-state index contributed by atoms with van der Waals surface area (Å²) >= 11 is 0. The lowest BCUT2D eigenvalue weighted by molar-refractivity contribution is -0.143. The highest BCUT2D eigenvalue weighted by Crippen LogP contribution is 2.39. The van der Waals surface area contributed by atoms with E-state index < -0.39 is 11.4 Å². The van der Waals surface area contributed by atoms with Gasteiger partial charge in [-0.2, -0.15) is 0 Å². The molecular weight excluding hydrogens is 288 g/mol. The Morgan fingerprint density at radius 3 is 2.22 bits per heavy atom. The number of nitrogens with zero attached hydrogens (tertiary/aromatic N) is 1. The molecule has 1 aliphatic rings. The van der Waals surface area contributed by atoms with E-state index in [0.29, 0.717) is 13.0 Å². The standard InChI is InChI=1S/C19H20N2O2/c20-18(23)19(16-10-5-2-6-11-16)12-7-13-21(19)17(22)14-15-8-3-1-4-9-15/h1-6,8-11H,7,12-14H2,(H2,20,23). The molecule has 0 aliphatic carbocycles. The molecule has 4 heteroatoms. The van der Waals surface area contributed by atoms with Gasteiger partial charge in [-0.3, -0.25) is 9.59 Å². The molecule has 1 atom stereocenters. The molecule has 4 nitrogen and oxygen atoms in total. The van der Waals surface area contributed by atoms with Gasteiger partial charge in [-0.25, -0.2) is 0 Å². The molecule has 2 aromatic carbocycles. The summed E-state index contributed by atoms with van der Waals surface area (Å²) in [7, 11) is 0. The first kappa shape index (κ1) is 15.3. The fourth-order valence-electron chi connectivity index (χ4n) is 3.43. The molecule has 1 saturated heterocycles. The van der Waals surface area contributed by atoms with Crippen molar-refractivity contribution in [3.63, 3.8) is 0 Å². The second kappa shape index (κ2) is 6.24. The second-order valence-electron chi connectivity index (χ2n) is 5.90. The maximum Gasteiger partial charge on any atom is 0.248 e. The molecule has 0 aromatic heterocycles. The molecular formula is C19H20N2O2. The van der Waals surface area contributed by atoms with Gasteiger partial charge in [0.05, 0.1) is 6.42 Å². The summed E-state index contributed by atoms with van der Waals surface area (Å²) in [6, 6.07) is 19.0. The molecule has 0 saturated carbocycles. The number of amides is 2. The Kier molecular flexibility index (Phi) is 4.15. The number of benzene rings is 2. The lowest BCUT2D eigenvalue weighted by Gasteiger charge is -2.36. The summed E-state index contributed by atoms with van der Waals surface area (Å²) in [4.78, 5) is 26.8. The van der Waals surface area contributed by atoms with Crippen LogP contribution in [0.5, 0.6) is 0 Å². The molecule has 2 amide bonds. The third-order valence-corrected chi connectivity index (χ3v) is 4.54. The third kappa shape index (κ3) is 2.72. The van der Waals surface area contributed by atoms with Crippen LogP contribution in [0.4, 0.5) is 0 Å². The highest BCUT2D eigenvalue weighted by atomic mass is 16.2. The van der Waals surface area contributed by atoms with Crippen molar-refractivity contribution in [2.24, 2.45) is 5.73 Å². The van der Waals surface area contributed by atoms with Crippen molar-refractivity contribution in [3.8, 4) is 0 Å². The average molecular weight is 308 g/mol. The van der Waals surface area contributed by atoms with Crippen LogP contribution >= 0.6 is 0 Å². The zero-order valence-corrected chi connectivity index (χ0v) is 12.9. The van der Waals surface area contributed by atoms with Crippen LogP contribution in [-0.2, 0) is 21.5 Å². The van der Waals surface area contributed by atoms with Gasteiger partial charge in [0.15, 0.2) is 0 Å². The molecule has 0 bridgehead atoms. The van der Waals surface area contributed by atoms with Crippen molar-refractivity contribution in [1.29, 1.82) is 0 Å². The fraction of sp³-hybridized carbons (Fsp3) is 0.263. The largest absolute Gasteiger partial charge is 0.367 e. The van der Waals surface area contributed by atoms with Gasteiger partial charge in [0, 0.05) is 6.54 Å². The molecule has 2 N–H and O–H groups in total. The van der Waals surface area contributed by atoms with E-state index in [-0.39, 0.29) is 12.3 Å². The van der Waals surface area contributed by atoms with Crippen molar-refractivity contribution < 1.29 is 9.59 Å². The maximum absolute atomic E-state index is 12.8. The van der Waals surface area contributed by atoms with E-state index in [4.69, 9.17) is 5.73 Å². The number of hydrogen-bond donors (Lipinski definition) is 1. The van der Waals surface area contributed by atoms with Crippen LogP contribution < -0.4 is 5.73 Å². The number of rotatable bonds is 4. The summed E-state index contributed by atoms with van der Waals surface area (Å²) in [6.45, 7) is 0.559. The summed E-state index contributed by atoms with van der Waals surface area (Å²) in [5.74, 6) is -0.515. The molecule has 118 valence electrons. The van der Waals surface area contributed by atoms with E-state index in [1.165, 1.54) is 0 Å². The van der Waals surface area contributed by atoms with Gasteiger partial charge in [-0.1, -0.05) is 60.7 Å². The second-order valence-corrected chi connectivity index (χ2v) is 5.90. The summed E-state index contributed by atoms with van der Waals surface area (Å²) in [5.41, 5.74) is 6.47. The van der Waals surface area contributed by atoms with Crippen molar-refractivity contribution in [3.05, 3.63) is 71.8 Å². The van der Waals surface area contributed by atoms with Gasteiger partial charge in [0.1, 0.15) is 5.54 Å². The summed E-state index contributed by atoms with van der Waals surface area (Å²) in [5, 5.41) is 0. The zero-order valence-electron chi connectivity index (χ0n) is 12.9. The lowest BCUT2D eigenvalue weighted by atomic mass is 9.86. The van der Waals surface area contributed by atoms with E-state index in [2.05, 4.69) is 0 Å². The smallest absolute Gasteiger partial charge is 0.248 e. The minimum absolute atomic E-state index is 0.0589. The number of carbonyl (C=O) groups is 2. The van der Waals surface area contributed by atoms with E-state index in [9.17, 15) is 9.59 Å². The average Bonchev–Trinajstić information content (AvgIpc) is 3.03. The van der Waals surface area contributed by atoms with Crippen LogP contribution in [0.3, 0.4) is 0 Å². The van der Waals surface area contributed by atoms with Gasteiger partial charge in [-0.15, -0.1) is 0 Å². The van der Waals surface area contributed by atoms with Crippen molar-refractivity contribution in [2.45, 2.75) is 24.8 Å². The SMILES string of the molecule is NC(=O)C1(c2ccccc2)CCCN1C(=O)Cc1ccccc1. The van der Waals surface area contributed by atoms with Gasteiger partial charge in [-0.05, 0) is 24.0 Å². The molecule has 1 fully saturated rings. The molecule has 3 rings (SSSR count). The quantitative estimate of drug-likeness (QED) is 0.941. The van der Waals surface area contributed by atoms with E-state index in [1.54, 1.807) is 4.90 Å². The van der Waals surface area contributed by atoms with Crippen LogP contribution in [-0.4, -0.2) is 23.3 Å². The third-order valence-electron chi connectivity index (χ3n) is 4.54. The monoisotopic (exact) mass is 308 g/mol. The van der Waals surface area contributed by atoms with Gasteiger partial charge < -0.3 is 10.6 Å². The highest BCUT2D eigenvalue weighted by Gasteiger charge is 2.49. The Bertz CT molecular complexity index is 700. The molecule has 0 spiro atoms. The molecule has 0 radical (unpaired) electrons. The Balaban J connectivity index is 1.94. The number of likely N-dealkylation sites (tertiary alicyclic amines) is 1. The van der Waals surface area contributed by atoms with E-state index >= 15 is 0 Å². The van der Waals surface area contributed by atoms with Gasteiger partial charge in [0.2, 0.25) is 11.8 Å². The van der Waals surface area contributed by atoms with Crippen LogP contribution in [0.15, 0.2) is 60.7 Å². The molecule has 2 aromatic rings. The van der Waals surface area contributed by atoms with Gasteiger partial charge in [0.25, 0.3) is 0 Å². The van der Waals surface area contributed by atoms with Crippen molar-refractivity contribution in [1.82, 2.24) is 4.90 Å². The van der Waals surface area contributed by atoms with Crippen molar-refractivity contribution in [2.75, 3.05) is 6.54 Å². The van der Waals surface area contributed by atoms with Crippen LogP contribution in [0.25, 0.3) is 0 Å². The van der Waals surface area contributed by atoms with Crippen LogP contribution in [0.1, 0.15) is 24.0 Å². The van der Waals surface area contributed by atoms with E-state index in [0.717, 1.165) is 17.5 Å². The topological polar surface area (TPSA) is 63.4 Å². The first-order chi connectivity index (χ1) is 11.1. The molecule has 1 aliphatic heterocycles. The highest BCUT2D eigenvalue weighted by molar-refractivity contribution is 5.92. The van der Waals surface area contributed by atoms with Crippen molar-refractivity contribution >= 4 is 11.8 Å². The summed E-state index contributed by atoms with van der Waals surface area (Å²) in [6.07, 6.45) is 1.63. The van der Waals surface area contributed by atoms with E-state index in [1.807, 2.05) is 60.7 Å². The maximum atomic E-state index is 12.8. The Morgan fingerprint density at radius 1 is 1.00 bits per heavy atom. The summed E-state index contributed by atoms with van der Waals surface area (Å²) < 4.78 is 0. The Morgan fingerprint density at radius 2 is 1.61 bits per heavy atom. The fourth-order valence-corrected chi connectivity index (χ4v) is 3.43. The lowest BCUT2D eigenvalue weighted by Crippen LogP contribution is -2.53. The normalized spacial score (nSPS) is 20.4. The number of primary amides is 1. The first-order valence-electron chi connectivity index (χ1n) is 7.84. The predicted octanol–water partition coefficient (Wildman–Crippen LogP) is 2.23. The zero-order chi connectivity index (χ0) is 16.3. The molecule has 23 heavy (non-hydrogen) atoms. The Labute approximate surface area is 135 Å². The Hall–Kier alpha value is -2.62. The minimum Gasteiger partial charge on any atom is -0.367 e. The number of carbonyl (C=O) groups excluding carboxylic acids is 2.